The lowest BCUT2D eigenvalue weighted by Gasteiger charge is -2.28. The zero-order valence-electron chi connectivity index (χ0n) is 14.1. The van der Waals surface area contributed by atoms with E-state index in [1.54, 1.807) is 24.0 Å². The number of carbonyl (C=O) groups is 1. The Balaban J connectivity index is 1.76. The summed E-state index contributed by atoms with van der Waals surface area (Å²) in [6.07, 6.45) is 6.02. The molecule has 0 saturated carbocycles. The molecule has 0 unspecified atom stereocenters. The van der Waals surface area contributed by atoms with Gasteiger partial charge in [0, 0.05) is 26.0 Å². The van der Waals surface area contributed by atoms with Gasteiger partial charge in [0.05, 0.1) is 11.8 Å². The molecule has 0 bridgehead atoms. The van der Waals surface area contributed by atoms with Gasteiger partial charge in [-0.3, -0.25) is 9.48 Å². The third-order valence-electron chi connectivity index (χ3n) is 4.18. The van der Waals surface area contributed by atoms with Crippen molar-refractivity contribution in [2.45, 2.75) is 45.7 Å². The third kappa shape index (κ3) is 3.81. The van der Waals surface area contributed by atoms with Crippen molar-refractivity contribution in [1.82, 2.24) is 25.2 Å². The lowest BCUT2D eigenvalue weighted by Crippen LogP contribution is -2.36. The first-order valence-electron chi connectivity index (χ1n) is 8.38. The van der Waals surface area contributed by atoms with Gasteiger partial charge in [0.1, 0.15) is 6.04 Å². The van der Waals surface area contributed by atoms with Gasteiger partial charge in [0.25, 0.3) is 5.91 Å². The molecule has 130 valence electrons. The summed E-state index contributed by atoms with van der Waals surface area (Å²) in [6, 6.07) is -0.308. The molecule has 1 fully saturated rings. The molecule has 8 nitrogen and oxygen atoms in total. The number of nitrogens with zero attached hydrogens (tertiary/aromatic N) is 4. The number of aryl methyl sites for hydroxylation is 2. The number of carbonyl (C=O) groups excluding carboxylic acids is 1. The molecule has 1 saturated heterocycles. The summed E-state index contributed by atoms with van der Waals surface area (Å²) in [7, 11) is 0. The SMILES string of the molecule is CCCn1cc(C(=O)N[C@H](c2nc(C)no2)C2CCOCC2)cn1. The molecular weight excluding hydrogens is 310 g/mol. The number of hydrogen-bond donors (Lipinski definition) is 1. The number of aromatic nitrogens is 4. The van der Waals surface area contributed by atoms with Gasteiger partial charge >= 0.3 is 0 Å². The minimum atomic E-state index is -0.308. The van der Waals surface area contributed by atoms with Crippen molar-refractivity contribution in [3.63, 3.8) is 0 Å². The Bertz CT molecular complexity index is 675. The first-order chi connectivity index (χ1) is 11.7. The third-order valence-corrected chi connectivity index (χ3v) is 4.18. The summed E-state index contributed by atoms with van der Waals surface area (Å²) < 4.78 is 12.5. The molecule has 3 heterocycles. The molecule has 1 amide bonds. The van der Waals surface area contributed by atoms with E-state index >= 15 is 0 Å². The van der Waals surface area contributed by atoms with Crippen LogP contribution in [0.25, 0.3) is 0 Å². The molecule has 24 heavy (non-hydrogen) atoms. The van der Waals surface area contributed by atoms with Crippen molar-refractivity contribution in [2.75, 3.05) is 13.2 Å². The van der Waals surface area contributed by atoms with Crippen LogP contribution in [0.5, 0.6) is 0 Å². The Hall–Kier alpha value is -2.22. The second kappa shape index (κ2) is 7.57. The lowest BCUT2D eigenvalue weighted by molar-refractivity contribution is 0.0468. The average Bonchev–Trinajstić information content (AvgIpc) is 3.23. The van der Waals surface area contributed by atoms with Gasteiger partial charge < -0.3 is 14.6 Å². The monoisotopic (exact) mass is 333 g/mol. The minimum Gasteiger partial charge on any atom is -0.381 e. The molecule has 1 aliphatic heterocycles. The van der Waals surface area contributed by atoms with Crippen LogP contribution in [-0.4, -0.2) is 39.0 Å². The Morgan fingerprint density at radius 1 is 1.46 bits per heavy atom. The van der Waals surface area contributed by atoms with Crippen molar-refractivity contribution in [3.8, 4) is 0 Å². The van der Waals surface area contributed by atoms with E-state index in [9.17, 15) is 4.79 Å². The summed E-state index contributed by atoms with van der Waals surface area (Å²) in [5.41, 5.74) is 0.539. The number of amides is 1. The lowest BCUT2D eigenvalue weighted by atomic mass is 9.91. The quantitative estimate of drug-likeness (QED) is 0.867. The minimum absolute atomic E-state index is 0.176. The molecule has 0 radical (unpaired) electrons. The van der Waals surface area contributed by atoms with E-state index in [2.05, 4.69) is 27.5 Å². The van der Waals surface area contributed by atoms with Crippen LogP contribution in [0.15, 0.2) is 16.9 Å². The maximum Gasteiger partial charge on any atom is 0.255 e. The molecule has 0 spiro atoms. The Morgan fingerprint density at radius 2 is 2.25 bits per heavy atom. The van der Waals surface area contributed by atoms with Crippen LogP contribution in [0.3, 0.4) is 0 Å². The molecule has 2 aromatic rings. The molecule has 1 atom stereocenters. The van der Waals surface area contributed by atoms with Crippen LogP contribution < -0.4 is 5.32 Å². The summed E-state index contributed by atoms with van der Waals surface area (Å²) in [5.74, 6) is 1.05. The highest BCUT2D eigenvalue weighted by Gasteiger charge is 2.31. The first-order valence-corrected chi connectivity index (χ1v) is 8.38. The standard InChI is InChI=1S/C16H23N5O3/c1-3-6-21-10-13(9-17-21)15(22)19-14(12-4-7-23-8-5-12)16-18-11(2)20-24-16/h9-10,12,14H,3-8H2,1-2H3,(H,19,22)/t14-/m0/s1. The number of rotatable bonds is 6. The fourth-order valence-corrected chi connectivity index (χ4v) is 2.93. The largest absolute Gasteiger partial charge is 0.381 e. The molecule has 3 rings (SSSR count). The van der Waals surface area contributed by atoms with Crippen molar-refractivity contribution < 1.29 is 14.1 Å². The molecule has 0 aromatic carbocycles. The van der Waals surface area contributed by atoms with Crippen LogP contribution >= 0.6 is 0 Å². The predicted molar refractivity (Wildman–Crippen MR) is 85.3 cm³/mol. The molecule has 2 aromatic heterocycles. The van der Waals surface area contributed by atoms with Crippen LogP contribution in [0.4, 0.5) is 0 Å². The van der Waals surface area contributed by atoms with Gasteiger partial charge in [0.15, 0.2) is 5.82 Å². The van der Waals surface area contributed by atoms with E-state index in [1.807, 2.05) is 0 Å². The van der Waals surface area contributed by atoms with E-state index in [0.717, 1.165) is 25.8 Å². The summed E-state index contributed by atoms with van der Waals surface area (Å²) in [6.45, 7) is 5.99. The summed E-state index contributed by atoms with van der Waals surface area (Å²) in [4.78, 5) is 16.9. The van der Waals surface area contributed by atoms with E-state index < -0.39 is 0 Å². The van der Waals surface area contributed by atoms with Gasteiger partial charge in [-0.1, -0.05) is 12.1 Å². The predicted octanol–water partition coefficient (Wildman–Crippen LogP) is 1.88. The van der Waals surface area contributed by atoms with Crippen molar-refractivity contribution in [3.05, 3.63) is 29.7 Å². The van der Waals surface area contributed by atoms with Crippen LogP contribution in [0, 0.1) is 12.8 Å². The van der Waals surface area contributed by atoms with Gasteiger partial charge in [-0.2, -0.15) is 10.1 Å². The Labute approximate surface area is 140 Å². The Morgan fingerprint density at radius 3 is 2.92 bits per heavy atom. The zero-order valence-corrected chi connectivity index (χ0v) is 14.1. The van der Waals surface area contributed by atoms with Gasteiger partial charge in [0.2, 0.25) is 5.89 Å². The second-order valence-electron chi connectivity index (χ2n) is 6.07. The fraction of sp³-hybridized carbons (Fsp3) is 0.625. The summed E-state index contributed by atoms with van der Waals surface area (Å²) in [5, 5.41) is 11.1. The van der Waals surface area contributed by atoms with E-state index in [-0.39, 0.29) is 17.9 Å². The second-order valence-corrected chi connectivity index (χ2v) is 6.07. The maximum absolute atomic E-state index is 12.6. The van der Waals surface area contributed by atoms with Gasteiger partial charge in [-0.15, -0.1) is 0 Å². The molecule has 1 N–H and O–H groups in total. The van der Waals surface area contributed by atoms with Crippen molar-refractivity contribution >= 4 is 5.91 Å². The van der Waals surface area contributed by atoms with E-state index in [0.29, 0.717) is 30.5 Å². The molecule has 1 aliphatic rings. The molecule has 0 aliphatic carbocycles. The number of hydrogen-bond acceptors (Lipinski definition) is 6. The van der Waals surface area contributed by atoms with Gasteiger partial charge in [-0.25, -0.2) is 0 Å². The van der Waals surface area contributed by atoms with Gasteiger partial charge in [-0.05, 0) is 32.1 Å². The van der Waals surface area contributed by atoms with Crippen LogP contribution in [0.2, 0.25) is 0 Å². The highest BCUT2D eigenvalue weighted by molar-refractivity contribution is 5.93. The number of nitrogens with one attached hydrogen (secondary N) is 1. The average molecular weight is 333 g/mol. The highest BCUT2D eigenvalue weighted by Crippen LogP contribution is 2.29. The zero-order chi connectivity index (χ0) is 16.9. The van der Waals surface area contributed by atoms with E-state index in [1.165, 1.54) is 0 Å². The normalized spacial score (nSPS) is 16.9. The molecule has 8 heteroatoms. The fourth-order valence-electron chi connectivity index (χ4n) is 2.93. The Kier molecular flexibility index (Phi) is 5.24. The molecular formula is C16H23N5O3. The van der Waals surface area contributed by atoms with Crippen LogP contribution in [0.1, 0.15) is 54.3 Å². The smallest absolute Gasteiger partial charge is 0.255 e. The van der Waals surface area contributed by atoms with Crippen molar-refractivity contribution in [2.24, 2.45) is 5.92 Å². The topological polar surface area (TPSA) is 95.1 Å². The maximum atomic E-state index is 12.6. The van der Waals surface area contributed by atoms with Crippen LogP contribution in [-0.2, 0) is 11.3 Å². The first kappa shape index (κ1) is 16.6. The summed E-state index contributed by atoms with van der Waals surface area (Å²) >= 11 is 0. The van der Waals surface area contributed by atoms with E-state index in [4.69, 9.17) is 9.26 Å². The number of ether oxygens (including phenoxy) is 1. The van der Waals surface area contributed by atoms with Crippen molar-refractivity contribution in [1.29, 1.82) is 0 Å². The highest BCUT2D eigenvalue weighted by atomic mass is 16.5.